The van der Waals surface area contributed by atoms with Gasteiger partial charge in [0.2, 0.25) is 0 Å². The number of rotatable bonds is 2. The van der Waals surface area contributed by atoms with E-state index in [2.05, 4.69) is 0 Å². The van der Waals surface area contributed by atoms with Crippen LogP contribution >= 0.6 is 0 Å². The lowest BCUT2D eigenvalue weighted by molar-refractivity contribution is -0.137. The summed E-state index contributed by atoms with van der Waals surface area (Å²) < 4.78 is 43.8. The van der Waals surface area contributed by atoms with Gasteiger partial charge in [0.25, 0.3) is 0 Å². The average molecular weight is 288 g/mol. The van der Waals surface area contributed by atoms with Crippen LogP contribution in [0, 0.1) is 0 Å². The standard InChI is InChI=1S/C14H19F3N2O/c1-9-7-19(8-10(2)20-9)13-4-3-12(14(15,16)17)5-11(13)6-18/h3-5,9-10H,6-8,18H2,1-2H3/t9-,10+. The van der Waals surface area contributed by atoms with Crippen molar-refractivity contribution in [3.05, 3.63) is 29.3 Å². The Hall–Kier alpha value is -1.27. The van der Waals surface area contributed by atoms with Crippen molar-refractivity contribution in [2.24, 2.45) is 5.73 Å². The summed E-state index contributed by atoms with van der Waals surface area (Å²) in [6.45, 7) is 5.30. The van der Waals surface area contributed by atoms with Crippen LogP contribution in [-0.4, -0.2) is 25.3 Å². The Morgan fingerprint density at radius 1 is 1.25 bits per heavy atom. The minimum atomic E-state index is -4.34. The second-order valence-electron chi connectivity index (χ2n) is 5.21. The number of hydrogen-bond donors (Lipinski definition) is 1. The SMILES string of the molecule is C[C@@H]1CN(c2ccc(C(F)(F)F)cc2CN)C[C@H](C)O1. The van der Waals surface area contributed by atoms with Gasteiger partial charge in [0.1, 0.15) is 0 Å². The average Bonchev–Trinajstić information content (AvgIpc) is 2.35. The molecule has 0 radical (unpaired) electrons. The molecule has 2 atom stereocenters. The second-order valence-corrected chi connectivity index (χ2v) is 5.21. The van der Waals surface area contributed by atoms with Crippen LogP contribution in [0.5, 0.6) is 0 Å². The number of hydrogen-bond acceptors (Lipinski definition) is 3. The summed E-state index contributed by atoms with van der Waals surface area (Å²) in [5.74, 6) is 0. The topological polar surface area (TPSA) is 38.5 Å². The predicted molar refractivity (Wildman–Crippen MR) is 71.6 cm³/mol. The van der Waals surface area contributed by atoms with Gasteiger partial charge in [-0.3, -0.25) is 0 Å². The van der Waals surface area contributed by atoms with Crippen LogP contribution in [0.4, 0.5) is 18.9 Å². The Labute approximate surface area is 116 Å². The first kappa shape index (κ1) is 15.1. The van der Waals surface area contributed by atoms with Crippen molar-refractivity contribution in [3.8, 4) is 0 Å². The lowest BCUT2D eigenvalue weighted by atomic mass is 10.1. The molecule has 6 heteroatoms. The van der Waals surface area contributed by atoms with E-state index >= 15 is 0 Å². The van der Waals surface area contributed by atoms with Gasteiger partial charge in [-0.15, -0.1) is 0 Å². The molecule has 2 rings (SSSR count). The van der Waals surface area contributed by atoms with Gasteiger partial charge in [0.05, 0.1) is 17.8 Å². The van der Waals surface area contributed by atoms with E-state index in [1.807, 2.05) is 18.7 Å². The Balaban J connectivity index is 2.32. The van der Waals surface area contributed by atoms with Crippen molar-refractivity contribution in [2.45, 2.75) is 38.8 Å². The first-order valence-electron chi connectivity index (χ1n) is 6.62. The van der Waals surface area contributed by atoms with Crippen LogP contribution in [0.2, 0.25) is 0 Å². The molecule has 112 valence electrons. The molecule has 1 aliphatic rings. The molecular weight excluding hydrogens is 269 g/mol. The van der Waals surface area contributed by atoms with E-state index in [4.69, 9.17) is 10.5 Å². The van der Waals surface area contributed by atoms with Crippen molar-refractivity contribution >= 4 is 5.69 Å². The zero-order chi connectivity index (χ0) is 14.9. The molecule has 1 heterocycles. The third-order valence-electron chi connectivity index (χ3n) is 3.39. The van der Waals surface area contributed by atoms with Gasteiger partial charge in [-0.1, -0.05) is 0 Å². The molecule has 0 aromatic heterocycles. The fraction of sp³-hybridized carbons (Fsp3) is 0.571. The van der Waals surface area contributed by atoms with Gasteiger partial charge < -0.3 is 15.4 Å². The number of alkyl halides is 3. The highest BCUT2D eigenvalue weighted by molar-refractivity contribution is 5.56. The van der Waals surface area contributed by atoms with Crippen LogP contribution in [0.3, 0.4) is 0 Å². The minimum Gasteiger partial charge on any atom is -0.372 e. The Bertz CT molecular complexity index is 466. The molecule has 0 aliphatic carbocycles. The maximum Gasteiger partial charge on any atom is 0.416 e. The van der Waals surface area contributed by atoms with E-state index in [1.165, 1.54) is 6.07 Å². The number of morpholine rings is 1. The maximum atomic E-state index is 12.7. The fourth-order valence-electron chi connectivity index (χ4n) is 2.61. The number of ether oxygens (including phenoxy) is 1. The molecule has 20 heavy (non-hydrogen) atoms. The minimum absolute atomic E-state index is 0.0478. The highest BCUT2D eigenvalue weighted by Gasteiger charge is 2.32. The summed E-state index contributed by atoms with van der Waals surface area (Å²) in [6.07, 6.45) is -4.24. The third-order valence-corrected chi connectivity index (χ3v) is 3.39. The smallest absolute Gasteiger partial charge is 0.372 e. The van der Waals surface area contributed by atoms with Gasteiger partial charge in [-0.2, -0.15) is 13.2 Å². The highest BCUT2D eigenvalue weighted by atomic mass is 19.4. The fourth-order valence-corrected chi connectivity index (χ4v) is 2.61. The summed E-state index contributed by atoms with van der Waals surface area (Å²) in [4.78, 5) is 2.04. The van der Waals surface area contributed by atoms with Crippen LogP contribution in [0.15, 0.2) is 18.2 Å². The predicted octanol–water partition coefficient (Wildman–Crippen LogP) is 2.78. The van der Waals surface area contributed by atoms with Gasteiger partial charge in [-0.25, -0.2) is 0 Å². The van der Waals surface area contributed by atoms with Gasteiger partial charge in [0.15, 0.2) is 0 Å². The molecule has 2 N–H and O–H groups in total. The van der Waals surface area contributed by atoms with Gasteiger partial charge >= 0.3 is 6.18 Å². The van der Waals surface area contributed by atoms with Crippen LogP contribution < -0.4 is 10.6 Å². The van der Waals surface area contributed by atoms with Gasteiger partial charge in [-0.05, 0) is 37.6 Å². The van der Waals surface area contributed by atoms with Crippen molar-refractivity contribution in [2.75, 3.05) is 18.0 Å². The summed E-state index contributed by atoms with van der Waals surface area (Å²) in [7, 11) is 0. The monoisotopic (exact) mass is 288 g/mol. The van der Waals surface area contributed by atoms with E-state index in [-0.39, 0.29) is 18.8 Å². The second kappa shape index (κ2) is 5.61. The van der Waals surface area contributed by atoms with Crippen LogP contribution in [-0.2, 0) is 17.5 Å². The lowest BCUT2D eigenvalue weighted by Gasteiger charge is -2.38. The molecule has 1 aromatic rings. The molecule has 0 unspecified atom stereocenters. The lowest BCUT2D eigenvalue weighted by Crippen LogP contribution is -2.46. The molecule has 3 nitrogen and oxygen atoms in total. The van der Waals surface area contributed by atoms with E-state index in [9.17, 15) is 13.2 Å². The normalized spacial score (nSPS) is 24.0. The number of nitrogens with zero attached hydrogens (tertiary/aromatic N) is 1. The summed E-state index contributed by atoms with van der Waals surface area (Å²) in [6, 6.07) is 3.76. The van der Waals surface area contributed by atoms with E-state index < -0.39 is 11.7 Å². The zero-order valence-electron chi connectivity index (χ0n) is 11.6. The Kier molecular flexibility index (Phi) is 4.25. The third kappa shape index (κ3) is 3.24. The highest BCUT2D eigenvalue weighted by Crippen LogP contribution is 2.33. The van der Waals surface area contributed by atoms with Crippen LogP contribution in [0.25, 0.3) is 0 Å². The van der Waals surface area contributed by atoms with Crippen molar-refractivity contribution < 1.29 is 17.9 Å². The first-order valence-corrected chi connectivity index (χ1v) is 6.62. The largest absolute Gasteiger partial charge is 0.416 e. The molecule has 1 fully saturated rings. The Morgan fingerprint density at radius 2 is 1.85 bits per heavy atom. The first-order chi connectivity index (χ1) is 9.31. The van der Waals surface area contributed by atoms with Crippen molar-refractivity contribution in [1.82, 2.24) is 0 Å². The van der Waals surface area contributed by atoms with E-state index in [1.54, 1.807) is 0 Å². The number of halogens is 3. The van der Waals surface area contributed by atoms with Gasteiger partial charge in [0, 0.05) is 25.3 Å². The summed E-state index contributed by atoms with van der Waals surface area (Å²) in [5, 5.41) is 0. The number of benzene rings is 1. The Morgan fingerprint density at radius 3 is 2.35 bits per heavy atom. The van der Waals surface area contributed by atoms with Crippen molar-refractivity contribution in [3.63, 3.8) is 0 Å². The molecular formula is C14H19F3N2O. The number of anilines is 1. The molecule has 0 saturated carbocycles. The van der Waals surface area contributed by atoms with Crippen molar-refractivity contribution in [1.29, 1.82) is 0 Å². The van der Waals surface area contributed by atoms with E-state index in [0.29, 0.717) is 18.7 Å². The molecule has 1 aliphatic heterocycles. The maximum absolute atomic E-state index is 12.7. The summed E-state index contributed by atoms with van der Waals surface area (Å²) in [5.41, 5.74) is 6.24. The zero-order valence-corrected chi connectivity index (χ0v) is 11.6. The molecule has 0 amide bonds. The summed E-state index contributed by atoms with van der Waals surface area (Å²) >= 11 is 0. The molecule has 1 aromatic carbocycles. The van der Waals surface area contributed by atoms with E-state index in [0.717, 1.165) is 17.8 Å². The number of nitrogens with two attached hydrogens (primary N) is 1. The van der Waals surface area contributed by atoms with Crippen LogP contribution in [0.1, 0.15) is 25.0 Å². The molecule has 1 saturated heterocycles. The molecule has 0 bridgehead atoms. The quantitative estimate of drug-likeness (QED) is 0.909. The molecule has 0 spiro atoms.